The Hall–Kier alpha value is -3.21. The van der Waals surface area contributed by atoms with Crippen molar-refractivity contribution in [2.75, 3.05) is 43.4 Å². The molecular formula is C21H25FN6O3S. The Morgan fingerprint density at radius 2 is 2.06 bits per heavy atom. The number of carbonyl (C=O) groups is 3. The van der Waals surface area contributed by atoms with Gasteiger partial charge in [0.15, 0.2) is 5.13 Å². The summed E-state index contributed by atoms with van der Waals surface area (Å²) in [7, 11) is 0. The Labute approximate surface area is 188 Å². The molecule has 0 radical (unpaired) electrons. The molecule has 1 aromatic carbocycles. The number of rotatable bonds is 5. The molecule has 1 unspecified atom stereocenters. The molecule has 2 aliphatic heterocycles. The molecule has 3 amide bonds. The van der Waals surface area contributed by atoms with Gasteiger partial charge in [-0.2, -0.15) is 0 Å². The first-order valence-electron chi connectivity index (χ1n) is 10.4. The monoisotopic (exact) mass is 460 g/mol. The summed E-state index contributed by atoms with van der Waals surface area (Å²) in [5, 5.41) is 7.54. The highest BCUT2D eigenvalue weighted by molar-refractivity contribution is 7.13. The Morgan fingerprint density at radius 1 is 1.31 bits per heavy atom. The Balaban J connectivity index is 1.37. The smallest absolute Gasteiger partial charge is 0.273 e. The molecule has 3 heterocycles. The van der Waals surface area contributed by atoms with Crippen molar-refractivity contribution in [2.24, 2.45) is 0 Å². The number of amides is 3. The zero-order valence-corrected chi connectivity index (χ0v) is 18.5. The molecule has 2 aliphatic rings. The van der Waals surface area contributed by atoms with Crippen LogP contribution in [0.2, 0.25) is 0 Å². The van der Waals surface area contributed by atoms with E-state index in [0.717, 1.165) is 0 Å². The molecule has 2 aromatic rings. The van der Waals surface area contributed by atoms with E-state index in [1.54, 1.807) is 22.4 Å². The molecule has 0 saturated carbocycles. The van der Waals surface area contributed by atoms with Crippen LogP contribution in [0.25, 0.3) is 0 Å². The molecule has 0 spiro atoms. The van der Waals surface area contributed by atoms with Crippen LogP contribution < -0.4 is 21.3 Å². The molecular weight excluding hydrogens is 435 g/mol. The van der Waals surface area contributed by atoms with Crippen LogP contribution in [-0.4, -0.2) is 66.4 Å². The molecule has 0 bridgehead atoms. The van der Waals surface area contributed by atoms with Crippen molar-refractivity contribution in [3.05, 3.63) is 40.7 Å². The number of carbonyl (C=O) groups excluding carboxylic acids is 3. The second-order valence-electron chi connectivity index (χ2n) is 7.99. The SMILES string of the molecule is CC(=O)NCC1C[C@@H](c2ccc(N3CCN(C(=O)c4csc(N)n4)CC3)c(F)c2)C(=O)N1. The van der Waals surface area contributed by atoms with Gasteiger partial charge in [0.2, 0.25) is 11.8 Å². The van der Waals surface area contributed by atoms with Gasteiger partial charge >= 0.3 is 0 Å². The van der Waals surface area contributed by atoms with Gasteiger partial charge in [0.05, 0.1) is 11.6 Å². The zero-order valence-electron chi connectivity index (χ0n) is 17.6. The van der Waals surface area contributed by atoms with Crippen LogP contribution in [0.4, 0.5) is 15.2 Å². The van der Waals surface area contributed by atoms with Crippen molar-refractivity contribution in [3.63, 3.8) is 0 Å². The summed E-state index contributed by atoms with van der Waals surface area (Å²) in [6.07, 6.45) is 0.500. The van der Waals surface area contributed by atoms with Crippen LogP contribution >= 0.6 is 11.3 Å². The third-order valence-electron chi connectivity index (χ3n) is 5.80. The predicted octanol–water partition coefficient (Wildman–Crippen LogP) is 0.935. The maximum Gasteiger partial charge on any atom is 0.273 e. The minimum Gasteiger partial charge on any atom is -0.375 e. The second kappa shape index (κ2) is 9.11. The number of hydrogen-bond donors (Lipinski definition) is 3. The van der Waals surface area contributed by atoms with Crippen molar-refractivity contribution in [3.8, 4) is 0 Å². The summed E-state index contributed by atoms with van der Waals surface area (Å²) in [5.41, 5.74) is 7.01. The molecule has 4 rings (SSSR count). The lowest BCUT2D eigenvalue weighted by molar-refractivity contribution is -0.121. The summed E-state index contributed by atoms with van der Waals surface area (Å²) in [6, 6.07) is 4.71. The number of nitrogens with two attached hydrogens (primary N) is 1. The lowest BCUT2D eigenvalue weighted by atomic mass is 9.95. The number of halogens is 1. The van der Waals surface area contributed by atoms with E-state index in [2.05, 4.69) is 15.6 Å². The van der Waals surface area contributed by atoms with Gasteiger partial charge in [0.25, 0.3) is 5.91 Å². The Morgan fingerprint density at radius 3 is 2.69 bits per heavy atom. The first kappa shape index (κ1) is 22.0. The molecule has 2 atom stereocenters. The van der Waals surface area contributed by atoms with Crippen LogP contribution in [0.1, 0.15) is 35.3 Å². The van der Waals surface area contributed by atoms with Gasteiger partial charge in [-0.1, -0.05) is 6.07 Å². The van der Waals surface area contributed by atoms with E-state index in [1.807, 2.05) is 4.90 Å². The maximum absolute atomic E-state index is 15.0. The summed E-state index contributed by atoms with van der Waals surface area (Å²) in [4.78, 5) is 43.6. The molecule has 2 fully saturated rings. The summed E-state index contributed by atoms with van der Waals surface area (Å²) in [6.45, 7) is 3.66. The summed E-state index contributed by atoms with van der Waals surface area (Å²) < 4.78 is 15.0. The highest BCUT2D eigenvalue weighted by Crippen LogP contribution is 2.31. The first-order chi connectivity index (χ1) is 15.3. The number of thiazole rings is 1. The molecule has 9 nitrogen and oxygen atoms in total. The highest BCUT2D eigenvalue weighted by atomic mass is 32.1. The zero-order chi connectivity index (χ0) is 22.8. The number of piperazine rings is 1. The topological polar surface area (TPSA) is 121 Å². The third kappa shape index (κ3) is 4.67. The molecule has 11 heteroatoms. The molecule has 4 N–H and O–H groups in total. The summed E-state index contributed by atoms with van der Waals surface area (Å²) in [5.74, 6) is -1.34. The van der Waals surface area contributed by atoms with E-state index < -0.39 is 11.7 Å². The van der Waals surface area contributed by atoms with Gasteiger partial charge in [0, 0.05) is 51.1 Å². The normalized spacial score (nSPS) is 20.9. The minimum atomic E-state index is -0.447. The minimum absolute atomic E-state index is 0.157. The van der Waals surface area contributed by atoms with Crippen molar-refractivity contribution in [1.29, 1.82) is 0 Å². The third-order valence-corrected chi connectivity index (χ3v) is 6.48. The van der Waals surface area contributed by atoms with Gasteiger partial charge in [-0.25, -0.2) is 9.37 Å². The van der Waals surface area contributed by atoms with E-state index in [1.165, 1.54) is 24.3 Å². The lowest BCUT2D eigenvalue weighted by Crippen LogP contribution is -2.49. The maximum atomic E-state index is 15.0. The molecule has 2 saturated heterocycles. The Kier molecular flexibility index (Phi) is 6.26. The molecule has 0 aliphatic carbocycles. The number of benzene rings is 1. The van der Waals surface area contributed by atoms with Crippen LogP contribution in [0.3, 0.4) is 0 Å². The van der Waals surface area contributed by atoms with Gasteiger partial charge in [-0.3, -0.25) is 14.4 Å². The van der Waals surface area contributed by atoms with Crippen LogP contribution in [0, 0.1) is 5.82 Å². The molecule has 32 heavy (non-hydrogen) atoms. The molecule has 1 aromatic heterocycles. The quantitative estimate of drug-likeness (QED) is 0.611. The number of nitrogens with zero attached hydrogens (tertiary/aromatic N) is 3. The second-order valence-corrected chi connectivity index (χ2v) is 8.88. The lowest BCUT2D eigenvalue weighted by Gasteiger charge is -2.36. The van der Waals surface area contributed by atoms with Crippen LogP contribution in [0.15, 0.2) is 23.6 Å². The number of nitrogens with one attached hydrogen (secondary N) is 2. The average Bonchev–Trinajstić information content (AvgIpc) is 3.37. The van der Waals surface area contributed by atoms with E-state index in [-0.39, 0.29) is 23.8 Å². The van der Waals surface area contributed by atoms with E-state index >= 15 is 0 Å². The fraction of sp³-hybridized carbons (Fsp3) is 0.429. The van der Waals surface area contributed by atoms with Gasteiger partial charge in [-0.05, 0) is 24.1 Å². The first-order valence-corrected chi connectivity index (χ1v) is 11.3. The number of nitrogen functional groups attached to an aromatic ring is 1. The van der Waals surface area contributed by atoms with Crippen molar-refractivity contribution < 1.29 is 18.8 Å². The van der Waals surface area contributed by atoms with Gasteiger partial charge in [0.1, 0.15) is 11.5 Å². The Bertz CT molecular complexity index is 1040. The van der Waals surface area contributed by atoms with Crippen molar-refractivity contribution >= 4 is 39.9 Å². The van der Waals surface area contributed by atoms with Crippen LogP contribution in [-0.2, 0) is 9.59 Å². The largest absolute Gasteiger partial charge is 0.375 e. The highest BCUT2D eigenvalue weighted by Gasteiger charge is 2.34. The van der Waals surface area contributed by atoms with E-state index in [4.69, 9.17) is 5.73 Å². The fourth-order valence-corrected chi connectivity index (χ4v) is 4.67. The summed E-state index contributed by atoms with van der Waals surface area (Å²) >= 11 is 1.22. The fourth-order valence-electron chi connectivity index (χ4n) is 4.14. The van der Waals surface area contributed by atoms with Crippen LogP contribution in [0.5, 0.6) is 0 Å². The van der Waals surface area contributed by atoms with Crippen molar-refractivity contribution in [2.45, 2.75) is 25.3 Å². The predicted molar refractivity (Wildman–Crippen MR) is 119 cm³/mol. The number of aromatic nitrogens is 1. The number of hydrogen-bond acceptors (Lipinski definition) is 7. The average molecular weight is 461 g/mol. The molecule has 170 valence electrons. The van der Waals surface area contributed by atoms with Crippen molar-refractivity contribution in [1.82, 2.24) is 20.5 Å². The van der Waals surface area contributed by atoms with Gasteiger partial charge in [-0.15, -0.1) is 11.3 Å². The van der Waals surface area contributed by atoms with E-state index in [9.17, 15) is 18.8 Å². The van der Waals surface area contributed by atoms with E-state index in [0.29, 0.717) is 61.2 Å². The standard InChI is InChI=1S/C21H25FN6O3S/c1-12(29)24-10-14-9-15(19(30)25-14)13-2-3-18(16(22)8-13)27-4-6-28(7-5-27)20(31)17-11-32-21(23)26-17/h2-3,8,11,14-15H,4-7,9-10H2,1H3,(H2,23,26)(H,24,29)(H,25,30)/t14?,15-/m0/s1. The number of anilines is 2. The van der Waals surface area contributed by atoms with Gasteiger partial charge < -0.3 is 26.2 Å².